The van der Waals surface area contributed by atoms with Crippen molar-refractivity contribution in [3.8, 4) is 0 Å². The first kappa shape index (κ1) is 12.6. The highest BCUT2D eigenvalue weighted by Crippen LogP contribution is 2.29. The summed E-state index contributed by atoms with van der Waals surface area (Å²) in [7, 11) is 0. The first-order valence-corrected chi connectivity index (χ1v) is 7.52. The van der Waals surface area contributed by atoms with E-state index >= 15 is 0 Å². The van der Waals surface area contributed by atoms with Crippen molar-refractivity contribution in [1.82, 2.24) is 4.98 Å². The Hall–Kier alpha value is -0.880. The summed E-state index contributed by atoms with van der Waals surface area (Å²) in [4.78, 5) is 16.8. The van der Waals surface area contributed by atoms with E-state index in [1.165, 1.54) is 23.1 Å². The normalized spacial score (nSPS) is 15.2. The summed E-state index contributed by atoms with van der Waals surface area (Å²) < 4.78 is 0. The molecular weight excluding hydrogens is 254 g/mol. The molecule has 1 aromatic heterocycles. The van der Waals surface area contributed by atoms with Crippen LogP contribution in [0, 0.1) is 5.41 Å². The number of thiazole rings is 1. The van der Waals surface area contributed by atoms with Gasteiger partial charge in [0.15, 0.2) is 5.13 Å². The fourth-order valence-corrected chi connectivity index (χ4v) is 3.25. The first-order chi connectivity index (χ1) is 8.20. The number of nitrogens with zero attached hydrogens (tertiary/aromatic N) is 1. The Morgan fingerprint density at radius 2 is 2.29 bits per heavy atom. The molecule has 1 heterocycles. The van der Waals surface area contributed by atoms with Crippen LogP contribution in [0.1, 0.15) is 36.8 Å². The van der Waals surface area contributed by atoms with Crippen molar-refractivity contribution < 1.29 is 4.79 Å². The average Bonchev–Trinajstić information content (AvgIpc) is 2.60. The van der Waals surface area contributed by atoms with E-state index in [1.54, 1.807) is 0 Å². The van der Waals surface area contributed by atoms with E-state index in [2.05, 4.69) is 10.3 Å². The number of fused-ring (bicyclic) bond motifs is 1. The maximum atomic E-state index is 11.4. The predicted octanol–water partition coefficient (Wildman–Crippen LogP) is 3.52. The van der Waals surface area contributed by atoms with E-state index < -0.39 is 0 Å². The van der Waals surface area contributed by atoms with Crippen LogP contribution >= 0.6 is 23.1 Å². The molecule has 92 valence electrons. The number of amides is 1. The van der Waals surface area contributed by atoms with Crippen LogP contribution in [0.5, 0.6) is 0 Å². The van der Waals surface area contributed by atoms with Gasteiger partial charge in [-0.2, -0.15) is 0 Å². The van der Waals surface area contributed by atoms with E-state index in [1.807, 2.05) is 6.92 Å². The number of nitrogens with one attached hydrogen (secondary N) is 2. The third-order valence-corrected chi connectivity index (χ3v) is 4.27. The summed E-state index contributed by atoms with van der Waals surface area (Å²) in [5.41, 5.74) is 1.65. The van der Waals surface area contributed by atoms with Crippen molar-refractivity contribution in [2.75, 3.05) is 11.1 Å². The van der Waals surface area contributed by atoms with Crippen LogP contribution in [0.2, 0.25) is 0 Å². The van der Waals surface area contributed by atoms with Gasteiger partial charge in [-0.3, -0.25) is 10.1 Å². The minimum absolute atomic E-state index is 0.0667. The molecule has 0 bridgehead atoms. The SMILES string of the molecule is CCSC(=O)Nc1nc2c(s1)C(=N)CCCC2. The number of aryl methyl sites for hydroxylation is 1. The molecule has 0 saturated heterocycles. The van der Waals surface area contributed by atoms with Gasteiger partial charge in [0.2, 0.25) is 0 Å². The van der Waals surface area contributed by atoms with E-state index in [0.29, 0.717) is 10.8 Å². The largest absolute Gasteiger partial charge is 0.304 e. The third-order valence-electron chi connectivity index (χ3n) is 2.55. The minimum Gasteiger partial charge on any atom is -0.304 e. The van der Waals surface area contributed by atoms with Crippen molar-refractivity contribution in [2.24, 2.45) is 0 Å². The zero-order chi connectivity index (χ0) is 12.3. The Bertz CT molecular complexity index is 442. The molecule has 2 N–H and O–H groups in total. The number of hydrogen-bond donors (Lipinski definition) is 2. The van der Waals surface area contributed by atoms with Crippen molar-refractivity contribution in [3.63, 3.8) is 0 Å². The average molecular weight is 269 g/mol. The predicted molar refractivity (Wildman–Crippen MR) is 73.6 cm³/mol. The minimum atomic E-state index is -0.0667. The first-order valence-electron chi connectivity index (χ1n) is 5.72. The van der Waals surface area contributed by atoms with E-state index in [-0.39, 0.29) is 5.24 Å². The number of rotatable bonds is 2. The van der Waals surface area contributed by atoms with Gasteiger partial charge in [-0.05, 0) is 31.4 Å². The zero-order valence-corrected chi connectivity index (χ0v) is 11.3. The van der Waals surface area contributed by atoms with E-state index in [4.69, 9.17) is 5.41 Å². The molecule has 1 aliphatic carbocycles. The van der Waals surface area contributed by atoms with Gasteiger partial charge in [0, 0.05) is 0 Å². The molecule has 0 saturated carbocycles. The fourth-order valence-electron chi connectivity index (χ4n) is 1.77. The van der Waals surface area contributed by atoms with E-state index in [9.17, 15) is 4.79 Å². The number of anilines is 1. The molecule has 0 fully saturated rings. The van der Waals surface area contributed by atoms with Gasteiger partial charge >= 0.3 is 0 Å². The Balaban J connectivity index is 2.14. The van der Waals surface area contributed by atoms with Gasteiger partial charge in [0.25, 0.3) is 5.24 Å². The summed E-state index contributed by atoms with van der Waals surface area (Å²) >= 11 is 2.67. The van der Waals surface area contributed by atoms with Crippen molar-refractivity contribution in [2.45, 2.75) is 32.6 Å². The molecule has 2 rings (SSSR count). The lowest BCUT2D eigenvalue weighted by molar-refractivity contribution is 0.270. The van der Waals surface area contributed by atoms with Crippen molar-refractivity contribution >= 4 is 39.2 Å². The van der Waals surface area contributed by atoms with Gasteiger partial charge in [-0.1, -0.05) is 30.0 Å². The van der Waals surface area contributed by atoms with Crippen LogP contribution in [0.25, 0.3) is 0 Å². The van der Waals surface area contributed by atoms with Crippen LogP contribution in [0.4, 0.5) is 9.93 Å². The molecule has 1 aromatic rings. The van der Waals surface area contributed by atoms with Crippen LogP contribution in [0.15, 0.2) is 0 Å². The molecule has 1 aliphatic rings. The second-order valence-corrected chi connectivity index (χ2v) is 6.06. The van der Waals surface area contributed by atoms with Gasteiger partial charge < -0.3 is 5.41 Å². The second-order valence-electron chi connectivity index (χ2n) is 3.83. The molecule has 0 spiro atoms. The third kappa shape index (κ3) is 3.07. The monoisotopic (exact) mass is 269 g/mol. The van der Waals surface area contributed by atoms with Crippen molar-refractivity contribution in [3.05, 3.63) is 10.6 Å². The highest BCUT2D eigenvalue weighted by molar-refractivity contribution is 8.13. The van der Waals surface area contributed by atoms with Crippen molar-refractivity contribution in [1.29, 1.82) is 5.41 Å². The topological polar surface area (TPSA) is 65.8 Å². The summed E-state index contributed by atoms with van der Waals surface area (Å²) in [5.74, 6) is 0.757. The molecule has 4 nitrogen and oxygen atoms in total. The molecule has 0 aliphatic heterocycles. The molecule has 6 heteroatoms. The molecular formula is C11H15N3OS2. The number of hydrogen-bond acceptors (Lipinski definition) is 5. The van der Waals surface area contributed by atoms with Crippen LogP contribution in [-0.4, -0.2) is 21.7 Å². The lowest BCUT2D eigenvalue weighted by atomic mass is 10.2. The van der Waals surface area contributed by atoms with Crippen LogP contribution < -0.4 is 5.32 Å². The number of aromatic nitrogens is 1. The molecule has 17 heavy (non-hydrogen) atoms. The van der Waals surface area contributed by atoms with Crippen LogP contribution in [0.3, 0.4) is 0 Å². The lowest BCUT2D eigenvalue weighted by Crippen LogP contribution is -2.04. The quantitative estimate of drug-likeness (QED) is 0.807. The molecule has 0 radical (unpaired) electrons. The van der Waals surface area contributed by atoms with Gasteiger partial charge in [0.05, 0.1) is 16.3 Å². The Morgan fingerprint density at radius 1 is 1.53 bits per heavy atom. The zero-order valence-electron chi connectivity index (χ0n) is 9.71. The molecule has 1 amide bonds. The molecule has 0 aromatic carbocycles. The standard InChI is InChI=1S/C11H15N3OS2/c1-2-16-11(15)14-10-13-8-6-4-3-5-7(12)9(8)17-10/h12H,2-6H2,1H3,(H,13,14,15). The highest BCUT2D eigenvalue weighted by Gasteiger charge is 2.18. The summed E-state index contributed by atoms with van der Waals surface area (Å²) in [5, 5.41) is 11.3. The summed E-state index contributed by atoms with van der Waals surface area (Å²) in [6.07, 6.45) is 3.89. The van der Waals surface area contributed by atoms with Gasteiger partial charge in [-0.25, -0.2) is 4.98 Å². The Kier molecular flexibility index (Phi) is 4.17. The van der Waals surface area contributed by atoms with Crippen LogP contribution in [-0.2, 0) is 6.42 Å². The highest BCUT2D eigenvalue weighted by atomic mass is 32.2. The summed E-state index contributed by atoms with van der Waals surface area (Å²) in [6, 6.07) is 0. The second kappa shape index (κ2) is 5.64. The number of thioether (sulfide) groups is 1. The summed E-state index contributed by atoms with van der Waals surface area (Å²) in [6.45, 7) is 1.94. The Morgan fingerprint density at radius 3 is 3.06 bits per heavy atom. The van der Waals surface area contributed by atoms with Gasteiger partial charge in [0.1, 0.15) is 0 Å². The van der Waals surface area contributed by atoms with E-state index in [0.717, 1.165) is 42.0 Å². The smallest absolute Gasteiger partial charge is 0.285 e. The maximum absolute atomic E-state index is 11.4. The fraction of sp³-hybridized carbons (Fsp3) is 0.545. The number of carbonyl (C=O) groups is 1. The maximum Gasteiger partial charge on any atom is 0.285 e. The Labute approximate surface area is 109 Å². The molecule has 0 unspecified atom stereocenters. The van der Waals surface area contributed by atoms with Gasteiger partial charge in [-0.15, -0.1) is 0 Å². The molecule has 0 atom stereocenters. The number of carbonyl (C=O) groups excluding carboxylic acids is 1. The lowest BCUT2D eigenvalue weighted by Gasteiger charge is -1.98.